The molecule has 0 radical (unpaired) electrons. The quantitative estimate of drug-likeness (QED) is 0.721. The lowest BCUT2D eigenvalue weighted by molar-refractivity contribution is 0.0717. The first-order valence-electron chi connectivity index (χ1n) is 7.72. The van der Waals surface area contributed by atoms with Crippen LogP contribution in [0.25, 0.3) is 10.9 Å². The minimum atomic E-state index is 0.648. The van der Waals surface area contributed by atoms with Crippen molar-refractivity contribution < 1.29 is 9.47 Å². The highest BCUT2D eigenvalue weighted by molar-refractivity contribution is 5.83. The average molecular weight is 288 g/mol. The highest BCUT2D eigenvalue weighted by Crippen LogP contribution is 2.29. The molecule has 1 fully saturated rings. The molecule has 1 saturated carbocycles. The molecule has 114 valence electrons. The molecule has 1 N–H and O–H groups in total. The third-order valence-electron chi connectivity index (χ3n) is 3.95. The topological polar surface area (TPSA) is 35.4 Å². The van der Waals surface area contributed by atoms with Crippen LogP contribution in [0.3, 0.4) is 0 Å². The lowest BCUT2D eigenvalue weighted by Gasteiger charge is -2.11. The predicted octanol–water partition coefficient (Wildman–Crippen LogP) is 2.76. The van der Waals surface area contributed by atoms with Crippen LogP contribution in [0.4, 0.5) is 0 Å². The number of hydrogen-bond acceptors (Lipinski definition) is 3. The summed E-state index contributed by atoms with van der Waals surface area (Å²) >= 11 is 0. The van der Waals surface area contributed by atoms with Crippen LogP contribution >= 0.6 is 0 Å². The number of ether oxygens (including phenoxy) is 2. The number of nitrogens with zero attached hydrogens (tertiary/aromatic N) is 1. The fourth-order valence-electron chi connectivity index (χ4n) is 2.59. The zero-order valence-corrected chi connectivity index (χ0v) is 12.7. The summed E-state index contributed by atoms with van der Waals surface area (Å²) in [5.41, 5.74) is 2.59. The molecule has 4 heteroatoms. The smallest absolute Gasteiger partial charge is 0.122 e. The zero-order chi connectivity index (χ0) is 14.5. The summed E-state index contributed by atoms with van der Waals surface area (Å²) in [6.45, 7) is 4.00. The summed E-state index contributed by atoms with van der Waals surface area (Å²) in [4.78, 5) is 0. The zero-order valence-electron chi connectivity index (χ0n) is 12.7. The van der Waals surface area contributed by atoms with Gasteiger partial charge in [0, 0.05) is 26.4 Å². The molecule has 1 aromatic heterocycles. The number of hydrogen-bond donors (Lipinski definition) is 1. The third kappa shape index (κ3) is 3.84. The van der Waals surface area contributed by atoms with Crippen molar-refractivity contribution in [3.8, 4) is 0 Å². The van der Waals surface area contributed by atoms with Crippen molar-refractivity contribution in [2.24, 2.45) is 5.92 Å². The Hall–Kier alpha value is -1.36. The molecule has 1 aliphatic rings. The van der Waals surface area contributed by atoms with E-state index in [1.807, 2.05) is 0 Å². The van der Waals surface area contributed by atoms with Gasteiger partial charge in [0.05, 0.1) is 18.7 Å². The van der Waals surface area contributed by atoms with Gasteiger partial charge in [0.1, 0.15) is 6.73 Å². The summed E-state index contributed by atoms with van der Waals surface area (Å²) in [5.74, 6) is 0.807. The number of para-hydroxylation sites is 1. The Morgan fingerprint density at radius 1 is 1.29 bits per heavy atom. The second-order valence-corrected chi connectivity index (χ2v) is 5.75. The third-order valence-corrected chi connectivity index (χ3v) is 3.95. The maximum absolute atomic E-state index is 5.83. The van der Waals surface area contributed by atoms with Crippen molar-refractivity contribution in [3.63, 3.8) is 0 Å². The van der Waals surface area contributed by atoms with Gasteiger partial charge in [-0.05, 0) is 35.8 Å². The molecule has 0 atom stereocenters. The number of rotatable bonds is 9. The number of methoxy groups -OCH3 is 1. The van der Waals surface area contributed by atoms with E-state index in [9.17, 15) is 0 Å². The van der Waals surface area contributed by atoms with Gasteiger partial charge in [-0.3, -0.25) is 0 Å². The van der Waals surface area contributed by atoms with E-state index in [0.29, 0.717) is 6.73 Å². The van der Waals surface area contributed by atoms with E-state index in [1.54, 1.807) is 7.11 Å². The van der Waals surface area contributed by atoms with E-state index < -0.39 is 0 Å². The van der Waals surface area contributed by atoms with Crippen molar-refractivity contribution in [1.82, 2.24) is 9.88 Å². The molecule has 1 aliphatic carbocycles. The van der Waals surface area contributed by atoms with Crippen LogP contribution in [0.5, 0.6) is 0 Å². The van der Waals surface area contributed by atoms with Gasteiger partial charge in [0.25, 0.3) is 0 Å². The summed E-state index contributed by atoms with van der Waals surface area (Å²) in [6, 6.07) is 8.62. The van der Waals surface area contributed by atoms with Gasteiger partial charge in [-0.2, -0.15) is 0 Å². The predicted molar refractivity (Wildman–Crippen MR) is 84.2 cm³/mol. The standard InChI is InChI=1S/C17H24N2O2/c1-20-10-8-18-11-16-4-2-3-15-7-9-19(17(15)16)13-21-12-14-5-6-14/h2-4,7,9,14,18H,5-6,8,10-13H2,1H3. The molecule has 21 heavy (non-hydrogen) atoms. The monoisotopic (exact) mass is 288 g/mol. The SMILES string of the molecule is COCCNCc1cccc2ccn(COCC3CC3)c12. The first-order chi connectivity index (χ1) is 10.4. The first-order valence-corrected chi connectivity index (χ1v) is 7.72. The molecule has 0 aliphatic heterocycles. The van der Waals surface area contributed by atoms with E-state index in [0.717, 1.165) is 32.2 Å². The molecule has 0 unspecified atom stereocenters. The number of nitrogens with one attached hydrogen (secondary N) is 1. The van der Waals surface area contributed by atoms with Gasteiger partial charge in [-0.25, -0.2) is 0 Å². The fraction of sp³-hybridized carbons (Fsp3) is 0.529. The van der Waals surface area contributed by atoms with E-state index in [2.05, 4.69) is 40.3 Å². The lowest BCUT2D eigenvalue weighted by Crippen LogP contribution is -2.19. The Kier molecular flexibility index (Phi) is 4.91. The molecular weight excluding hydrogens is 264 g/mol. The molecular formula is C17H24N2O2. The van der Waals surface area contributed by atoms with Gasteiger partial charge in [-0.15, -0.1) is 0 Å². The largest absolute Gasteiger partial charge is 0.383 e. The highest BCUT2D eigenvalue weighted by Gasteiger charge is 2.21. The minimum absolute atomic E-state index is 0.648. The Labute approximate surface area is 126 Å². The molecule has 0 spiro atoms. The van der Waals surface area contributed by atoms with Crippen molar-refractivity contribution in [2.75, 3.05) is 26.9 Å². The molecule has 0 amide bonds. The molecule has 3 rings (SSSR count). The van der Waals surface area contributed by atoms with E-state index >= 15 is 0 Å². The fourth-order valence-corrected chi connectivity index (χ4v) is 2.59. The van der Waals surface area contributed by atoms with Gasteiger partial charge in [0.15, 0.2) is 0 Å². The summed E-state index contributed by atoms with van der Waals surface area (Å²) in [5, 5.41) is 4.69. The maximum Gasteiger partial charge on any atom is 0.122 e. The van der Waals surface area contributed by atoms with E-state index in [4.69, 9.17) is 9.47 Å². The number of aromatic nitrogens is 1. The van der Waals surface area contributed by atoms with Crippen LogP contribution < -0.4 is 5.32 Å². The van der Waals surface area contributed by atoms with Crippen LogP contribution in [0, 0.1) is 5.92 Å². The normalized spacial score (nSPS) is 14.9. The van der Waals surface area contributed by atoms with Crippen LogP contribution in [-0.2, 0) is 22.7 Å². The summed E-state index contributed by atoms with van der Waals surface area (Å²) in [7, 11) is 1.73. The molecule has 0 saturated heterocycles. The molecule has 0 bridgehead atoms. The summed E-state index contributed by atoms with van der Waals surface area (Å²) in [6.07, 6.45) is 4.79. The Morgan fingerprint density at radius 3 is 3.00 bits per heavy atom. The van der Waals surface area contributed by atoms with Gasteiger partial charge in [-0.1, -0.05) is 18.2 Å². The number of benzene rings is 1. The van der Waals surface area contributed by atoms with Gasteiger partial charge >= 0.3 is 0 Å². The van der Waals surface area contributed by atoms with Crippen LogP contribution in [-0.4, -0.2) is 31.4 Å². The van der Waals surface area contributed by atoms with E-state index in [-0.39, 0.29) is 0 Å². The van der Waals surface area contributed by atoms with Crippen molar-refractivity contribution in [1.29, 1.82) is 0 Å². The van der Waals surface area contributed by atoms with Crippen molar-refractivity contribution in [3.05, 3.63) is 36.0 Å². The number of fused-ring (bicyclic) bond motifs is 1. The highest BCUT2D eigenvalue weighted by atomic mass is 16.5. The van der Waals surface area contributed by atoms with Crippen molar-refractivity contribution >= 4 is 10.9 Å². The molecule has 1 heterocycles. The van der Waals surface area contributed by atoms with Crippen LogP contribution in [0.2, 0.25) is 0 Å². The van der Waals surface area contributed by atoms with E-state index in [1.165, 1.54) is 29.3 Å². The minimum Gasteiger partial charge on any atom is -0.383 e. The van der Waals surface area contributed by atoms with Crippen molar-refractivity contribution in [2.45, 2.75) is 26.1 Å². The second-order valence-electron chi connectivity index (χ2n) is 5.75. The summed E-state index contributed by atoms with van der Waals surface area (Å²) < 4.78 is 13.1. The van der Waals surface area contributed by atoms with Gasteiger partial charge in [0.2, 0.25) is 0 Å². The van der Waals surface area contributed by atoms with Gasteiger partial charge < -0.3 is 19.4 Å². The molecule has 2 aromatic rings. The Bertz CT molecular complexity index is 575. The van der Waals surface area contributed by atoms with Crippen LogP contribution in [0.1, 0.15) is 18.4 Å². The van der Waals surface area contributed by atoms with Crippen LogP contribution in [0.15, 0.2) is 30.5 Å². The first kappa shape index (κ1) is 14.6. The molecule has 1 aromatic carbocycles. The Balaban J connectivity index is 1.67. The Morgan fingerprint density at radius 2 is 2.19 bits per heavy atom. The molecule has 4 nitrogen and oxygen atoms in total. The maximum atomic E-state index is 5.83. The lowest BCUT2D eigenvalue weighted by atomic mass is 10.1. The second kappa shape index (κ2) is 7.07. The average Bonchev–Trinajstić information content (AvgIpc) is 3.23.